The lowest BCUT2D eigenvalue weighted by Gasteiger charge is -2.18. The number of aliphatic hydroxyl groups is 2. The molecule has 19 heavy (non-hydrogen) atoms. The fraction of sp³-hybridized carbons (Fsp3) is 0.462. The van der Waals surface area contributed by atoms with Crippen LogP contribution in [0.15, 0.2) is 18.2 Å². The first-order valence-corrected chi connectivity index (χ1v) is 6.85. The molecule has 0 aliphatic carbocycles. The molecule has 1 aromatic rings. The number of aliphatic hydroxyl groups excluding tert-OH is 2. The second-order valence-electron chi connectivity index (χ2n) is 3.94. The average molecular weight is 333 g/mol. The number of halogens is 1. The summed E-state index contributed by atoms with van der Waals surface area (Å²) in [6.45, 7) is 0. The maximum atomic E-state index is 11.5. The van der Waals surface area contributed by atoms with E-state index in [1.165, 1.54) is 26.4 Å². The average Bonchev–Trinajstić information content (AvgIpc) is 2.45. The molecule has 106 valence electrons. The summed E-state index contributed by atoms with van der Waals surface area (Å²) in [5.74, 6) is -0.215. The van der Waals surface area contributed by atoms with Crippen LogP contribution in [0, 0.1) is 0 Å². The van der Waals surface area contributed by atoms with Crippen LogP contribution in [0.3, 0.4) is 0 Å². The van der Waals surface area contributed by atoms with Crippen molar-refractivity contribution in [3.63, 3.8) is 0 Å². The summed E-state index contributed by atoms with van der Waals surface area (Å²) in [4.78, 5) is 11.5. The zero-order valence-electron chi connectivity index (χ0n) is 10.8. The Morgan fingerprint density at radius 1 is 1.37 bits per heavy atom. The molecule has 0 saturated heterocycles. The smallest absolute Gasteiger partial charge is 0.341 e. The third-order valence-electron chi connectivity index (χ3n) is 2.74. The number of ether oxygens (including phenoxy) is 2. The lowest BCUT2D eigenvalue weighted by molar-refractivity contribution is 0.0172. The number of esters is 1. The molecular formula is C13H17BrO5. The van der Waals surface area contributed by atoms with Gasteiger partial charge in [0, 0.05) is 5.33 Å². The predicted molar refractivity (Wildman–Crippen MR) is 73.7 cm³/mol. The fourth-order valence-corrected chi connectivity index (χ4v) is 2.13. The van der Waals surface area contributed by atoms with Crippen molar-refractivity contribution in [1.29, 1.82) is 0 Å². The monoisotopic (exact) mass is 332 g/mol. The minimum atomic E-state index is -1.03. The third kappa shape index (κ3) is 3.92. The standard InChI is InChI=1S/C13H17BrO5/c1-18-11-7-8(12(16)10(15)5-6-14)3-4-9(11)13(17)19-2/h3-4,7,10,12,15-16H,5-6H2,1-2H3. The maximum Gasteiger partial charge on any atom is 0.341 e. The van der Waals surface area contributed by atoms with Gasteiger partial charge in [0.1, 0.15) is 17.4 Å². The van der Waals surface area contributed by atoms with E-state index in [9.17, 15) is 15.0 Å². The molecule has 0 bridgehead atoms. The van der Waals surface area contributed by atoms with Gasteiger partial charge in [-0.1, -0.05) is 22.0 Å². The number of hydrogen-bond donors (Lipinski definition) is 2. The molecule has 0 amide bonds. The van der Waals surface area contributed by atoms with Gasteiger partial charge in [0.2, 0.25) is 0 Å². The van der Waals surface area contributed by atoms with E-state index < -0.39 is 18.2 Å². The highest BCUT2D eigenvalue weighted by atomic mass is 79.9. The highest BCUT2D eigenvalue weighted by molar-refractivity contribution is 9.09. The van der Waals surface area contributed by atoms with Gasteiger partial charge < -0.3 is 19.7 Å². The molecule has 0 fully saturated rings. The molecule has 0 aliphatic heterocycles. The molecule has 2 N–H and O–H groups in total. The van der Waals surface area contributed by atoms with Crippen molar-refractivity contribution in [2.75, 3.05) is 19.5 Å². The van der Waals surface area contributed by atoms with Gasteiger partial charge in [-0.05, 0) is 24.1 Å². The Labute approximate surface area is 120 Å². The number of carbonyl (C=O) groups is 1. The van der Waals surface area contributed by atoms with Gasteiger partial charge in [0.15, 0.2) is 0 Å². The molecule has 0 radical (unpaired) electrons. The number of methoxy groups -OCH3 is 2. The zero-order chi connectivity index (χ0) is 14.4. The third-order valence-corrected chi connectivity index (χ3v) is 3.20. The molecule has 0 aromatic heterocycles. The predicted octanol–water partition coefficient (Wildman–Crippen LogP) is 1.66. The van der Waals surface area contributed by atoms with Gasteiger partial charge in [-0.25, -0.2) is 4.79 Å². The minimum Gasteiger partial charge on any atom is -0.496 e. The van der Waals surface area contributed by atoms with Crippen molar-refractivity contribution in [3.8, 4) is 5.75 Å². The molecular weight excluding hydrogens is 316 g/mol. The van der Waals surface area contributed by atoms with E-state index in [-0.39, 0.29) is 5.56 Å². The minimum absolute atomic E-state index is 0.274. The van der Waals surface area contributed by atoms with E-state index in [1.54, 1.807) is 6.07 Å². The number of alkyl halides is 1. The normalized spacial score (nSPS) is 13.7. The van der Waals surface area contributed by atoms with Crippen LogP contribution in [0.25, 0.3) is 0 Å². The van der Waals surface area contributed by atoms with E-state index in [0.717, 1.165) is 0 Å². The van der Waals surface area contributed by atoms with Crippen LogP contribution in [-0.4, -0.2) is 41.8 Å². The molecule has 1 rings (SSSR count). The number of carbonyl (C=O) groups excluding carboxylic acids is 1. The second kappa shape index (κ2) is 7.47. The molecule has 6 heteroatoms. The quantitative estimate of drug-likeness (QED) is 0.612. The summed E-state index contributed by atoms with van der Waals surface area (Å²) >= 11 is 3.20. The number of rotatable bonds is 6. The SMILES string of the molecule is COC(=O)c1ccc(C(O)C(O)CCBr)cc1OC. The van der Waals surface area contributed by atoms with Crippen LogP contribution in [0.2, 0.25) is 0 Å². The van der Waals surface area contributed by atoms with E-state index in [2.05, 4.69) is 20.7 Å². The first kappa shape index (κ1) is 15.9. The Morgan fingerprint density at radius 2 is 2.05 bits per heavy atom. The summed E-state index contributed by atoms with van der Waals surface area (Å²) in [5, 5.41) is 20.3. The fourth-order valence-electron chi connectivity index (χ4n) is 1.66. The molecule has 0 aliphatic rings. The Hall–Kier alpha value is -1.11. The van der Waals surface area contributed by atoms with Crippen LogP contribution in [-0.2, 0) is 4.74 Å². The van der Waals surface area contributed by atoms with Gasteiger partial charge in [-0.2, -0.15) is 0 Å². The molecule has 0 spiro atoms. The second-order valence-corrected chi connectivity index (χ2v) is 4.73. The lowest BCUT2D eigenvalue weighted by atomic mass is 10.0. The van der Waals surface area contributed by atoms with Crippen LogP contribution in [0.5, 0.6) is 5.75 Å². The van der Waals surface area contributed by atoms with E-state index in [1.807, 2.05) is 0 Å². The van der Waals surface area contributed by atoms with Crippen molar-refractivity contribution >= 4 is 21.9 Å². The summed E-state index contributed by atoms with van der Waals surface area (Å²) in [7, 11) is 2.71. The molecule has 2 unspecified atom stereocenters. The van der Waals surface area contributed by atoms with Gasteiger partial charge in [-0.3, -0.25) is 0 Å². The zero-order valence-corrected chi connectivity index (χ0v) is 12.4. The number of hydrogen-bond acceptors (Lipinski definition) is 5. The first-order chi connectivity index (χ1) is 9.04. The Morgan fingerprint density at radius 3 is 2.58 bits per heavy atom. The molecule has 1 aromatic carbocycles. The Bertz CT molecular complexity index is 435. The van der Waals surface area contributed by atoms with Crippen molar-refractivity contribution in [3.05, 3.63) is 29.3 Å². The lowest BCUT2D eigenvalue weighted by Crippen LogP contribution is -2.19. The first-order valence-electron chi connectivity index (χ1n) is 5.73. The van der Waals surface area contributed by atoms with Crippen molar-refractivity contribution in [2.24, 2.45) is 0 Å². The summed E-state index contributed by atoms with van der Waals surface area (Å²) in [6, 6.07) is 4.59. The maximum absolute atomic E-state index is 11.5. The van der Waals surface area contributed by atoms with Crippen LogP contribution in [0.4, 0.5) is 0 Å². The van der Waals surface area contributed by atoms with Crippen molar-refractivity contribution in [1.82, 2.24) is 0 Å². The van der Waals surface area contributed by atoms with Crippen LogP contribution in [0.1, 0.15) is 28.4 Å². The van der Waals surface area contributed by atoms with Crippen LogP contribution < -0.4 is 4.74 Å². The van der Waals surface area contributed by atoms with E-state index >= 15 is 0 Å². The largest absolute Gasteiger partial charge is 0.496 e. The summed E-state index contributed by atoms with van der Waals surface area (Å²) in [5.41, 5.74) is 0.758. The highest BCUT2D eigenvalue weighted by Gasteiger charge is 2.21. The van der Waals surface area contributed by atoms with Crippen molar-refractivity contribution in [2.45, 2.75) is 18.6 Å². The van der Waals surface area contributed by atoms with Crippen molar-refractivity contribution < 1.29 is 24.5 Å². The highest BCUT2D eigenvalue weighted by Crippen LogP contribution is 2.27. The van der Waals surface area contributed by atoms with Gasteiger partial charge in [-0.15, -0.1) is 0 Å². The summed E-state index contributed by atoms with van der Waals surface area (Å²) in [6.07, 6.45) is -1.49. The molecule has 0 heterocycles. The van der Waals surface area contributed by atoms with E-state index in [4.69, 9.17) is 4.74 Å². The van der Waals surface area contributed by atoms with E-state index in [0.29, 0.717) is 23.1 Å². The topological polar surface area (TPSA) is 76.0 Å². The Balaban J connectivity index is 3.02. The Kier molecular flexibility index (Phi) is 6.27. The van der Waals surface area contributed by atoms with Crippen LogP contribution >= 0.6 is 15.9 Å². The molecule has 2 atom stereocenters. The molecule has 0 saturated carbocycles. The number of benzene rings is 1. The summed E-state index contributed by atoms with van der Waals surface area (Å²) < 4.78 is 9.72. The van der Waals surface area contributed by atoms with Gasteiger partial charge in [0.25, 0.3) is 0 Å². The van der Waals surface area contributed by atoms with Gasteiger partial charge in [0.05, 0.1) is 20.3 Å². The molecule has 5 nitrogen and oxygen atoms in total. The van der Waals surface area contributed by atoms with Gasteiger partial charge >= 0.3 is 5.97 Å².